The fourth-order valence-electron chi connectivity index (χ4n) is 1.54. The van der Waals surface area contributed by atoms with Gasteiger partial charge >= 0.3 is 0 Å². The molecule has 0 saturated heterocycles. The van der Waals surface area contributed by atoms with Gasteiger partial charge in [0.05, 0.1) is 0 Å². The molecule has 0 spiro atoms. The molecule has 1 N–H and O–H groups in total. The van der Waals surface area contributed by atoms with E-state index in [1.807, 2.05) is 13.1 Å². The molecular weight excluding hydrogens is 213 g/mol. The van der Waals surface area contributed by atoms with Crippen LogP contribution < -0.4 is 5.32 Å². The summed E-state index contributed by atoms with van der Waals surface area (Å²) in [6.07, 6.45) is 0.620. The van der Waals surface area contributed by atoms with Crippen molar-refractivity contribution >= 4 is 0 Å². The number of hydrogen-bond donors (Lipinski definition) is 1. The molecule has 1 aromatic carbocycles. The molecule has 0 radical (unpaired) electrons. The lowest BCUT2D eigenvalue weighted by molar-refractivity contribution is 0.540. The first-order valence-electron chi connectivity index (χ1n) is 5.86. The summed E-state index contributed by atoms with van der Waals surface area (Å²) in [5, 5.41) is 3.10. The third kappa shape index (κ3) is 4.58. The van der Waals surface area contributed by atoms with Gasteiger partial charge in [0.15, 0.2) is 0 Å². The predicted molar refractivity (Wildman–Crippen MR) is 70.0 cm³/mol. The summed E-state index contributed by atoms with van der Waals surface area (Å²) in [4.78, 5) is 0. The second-order valence-corrected chi connectivity index (χ2v) is 5.12. The molecule has 0 aromatic heterocycles. The Morgan fingerprint density at radius 3 is 2.47 bits per heavy atom. The lowest BCUT2D eigenvalue weighted by Crippen LogP contribution is -2.17. The zero-order valence-corrected chi connectivity index (χ0v) is 11.0. The average Bonchev–Trinajstić information content (AvgIpc) is 2.24. The van der Waals surface area contributed by atoms with Gasteiger partial charge in [-0.05, 0) is 33.9 Å². The molecule has 0 amide bonds. The van der Waals surface area contributed by atoms with Gasteiger partial charge in [-0.3, -0.25) is 0 Å². The van der Waals surface area contributed by atoms with E-state index in [9.17, 15) is 4.39 Å². The molecular formula is C15H20FN. The second-order valence-electron chi connectivity index (χ2n) is 5.12. The van der Waals surface area contributed by atoms with Gasteiger partial charge in [0.1, 0.15) is 5.82 Å². The highest BCUT2D eigenvalue weighted by Crippen LogP contribution is 2.19. The number of hydrogen-bond acceptors (Lipinski definition) is 1. The van der Waals surface area contributed by atoms with E-state index in [0.717, 1.165) is 0 Å². The summed E-state index contributed by atoms with van der Waals surface area (Å²) in [7, 11) is 1.83. The molecule has 0 aliphatic carbocycles. The van der Waals surface area contributed by atoms with Crippen molar-refractivity contribution in [1.82, 2.24) is 5.32 Å². The topological polar surface area (TPSA) is 12.0 Å². The summed E-state index contributed by atoms with van der Waals surface area (Å²) >= 11 is 0. The van der Waals surface area contributed by atoms with Crippen LogP contribution in [0.5, 0.6) is 0 Å². The number of benzene rings is 1. The zero-order valence-electron chi connectivity index (χ0n) is 11.0. The average molecular weight is 233 g/mol. The Morgan fingerprint density at radius 1 is 1.29 bits per heavy atom. The zero-order chi connectivity index (χ0) is 12.9. The Kier molecular flexibility index (Phi) is 4.72. The van der Waals surface area contributed by atoms with Gasteiger partial charge in [0.2, 0.25) is 0 Å². The van der Waals surface area contributed by atoms with Crippen LogP contribution >= 0.6 is 0 Å². The molecule has 1 aromatic rings. The molecule has 1 nitrogen and oxygen atoms in total. The van der Waals surface area contributed by atoms with Gasteiger partial charge in [-0.15, -0.1) is 5.92 Å². The van der Waals surface area contributed by atoms with Gasteiger partial charge in [-0.1, -0.05) is 24.1 Å². The fourth-order valence-corrected chi connectivity index (χ4v) is 1.54. The van der Waals surface area contributed by atoms with Gasteiger partial charge in [0.25, 0.3) is 0 Å². The maximum Gasteiger partial charge on any atom is 0.128 e. The van der Waals surface area contributed by atoms with Crippen molar-refractivity contribution < 1.29 is 4.39 Å². The highest BCUT2D eigenvalue weighted by atomic mass is 19.1. The number of nitrogens with one attached hydrogen (secondary N) is 1. The lowest BCUT2D eigenvalue weighted by Gasteiger charge is -2.15. The molecule has 1 atom stereocenters. The van der Waals surface area contributed by atoms with E-state index in [-0.39, 0.29) is 17.3 Å². The first-order valence-corrected chi connectivity index (χ1v) is 5.86. The summed E-state index contributed by atoms with van der Waals surface area (Å²) in [6.45, 7) is 6.20. The number of halogens is 1. The van der Waals surface area contributed by atoms with Crippen molar-refractivity contribution in [2.24, 2.45) is 5.41 Å². The normalized spacial score (nSPS) is 12.8. The Hall–Kier alpha value is -1.33. The van der Waals surface area contributed by atoms with Crippen molar-refractivity contribution in [3.05, 3.63) is 35.6 Å². The smallest absolute Gasteiger partial charge is 0.128 e. The molecule has 0 heterocycles. The largest absolute Gasteiger partial charge is 0.312 e. The van der Waals surface area contributed by atoms with Crippen LogP contribution in [0.2, 0.25) is 0 Å². The SMILES string of the molecule is CNC(CC#CC(C)(C)C)c1ccccc1F. The third-order valence-electron chi connectivity index (χ3n) is 2.40. The standard InChI is InChI=1S/C15H20FN/c1-15(2,3)11-7-10-14(17-4)12-8-5-6-9-13(12)16/h5-6,8-9,14,17H,10H2,1-4H3. The fraction of sp³-hybridized carbons (Fsp3) is 0.467. The van der Waals surface area contributed by atoms with Gasteiger partial charge in [0, 0.05) is 23.4 Å². The maximum atomic E-state index is 13.6. The van der Waals surface area contributed by atoms with E-state index < -0.39 is 0 Å². The molecule has 92 valence electrons. The van der Waals surface area contributed by atoms with Gasteiger partial charge in [-0.2, -0.15) is 0 Å². The van der Waals surface area contributed by atoms with Crippen LogP contribution in [0.25, 0.3) is 0 Å². The van der Waals surface area contributed by atoms with Crippen LogP contribution in [0.1, 0.15) is 38.8 Å². The molecule has 1 unspecified atom stereocenters. The molecule has 17 heavy (non-hydrogen) atoms. The molecule has 0 saturated carbocycles. The van der Waals surface area contributed by atoms with E-state index in [1.54, 1.807) is 12.1 Å². The summed E-state index contributed by atoms with van der Waals surface area (Å²) < 4.78 is 13.6. The van der Waals surface area contributed by atoms with Crippen molar-refractivity contribution in [1.29, 1.82) is 0 Å². The summed E-state index contributed by atoms with van der Waals surface area (Å²) in [5.74, 6) is 6.11. The van der Waals surface area contributed by atoms with E-state index >= 15 is 0 Å². The van der Waals surface area contributed by atoms with Crippen LogP contribution in [-0.2, 0) is 0 Å². The minimum Gasteiger partial charge on any atom is -0.312 e. The van der Waals surface area contributed by atoms with Gasteiger partial charge < -0.3 is 5.32 Å². The monoisotopic (exact) mass is 233 g/mol. The minimum absolute atomic E-state index is 0.00642. The van der Waals surface area contributed by atoms with E-state index in [0.29, 0.717) is 12.0 Å². The molecule has 0 aliphatic heterocycles. The number of rotatable bonds is 3. The highest BCUT2D eigenvalue weighted by molar-refractivity contribution is 5.23. The van der Waals surface area contributed by atoms with E-state index in [1.165, 1.54) is 6.07 Å². The molecule has 0 fully saturated rings. The first-order chi connectivity index (χ1) is 7.94. The Bertz CT molecular complexity index is 421. The molecule has 0 bridgehead atoms. The van der Waals surface area contributed by atoms with Gasteiger partial charge in [-0.25, -0.2) is 4.39 Å². The van der Waals surface area contributed by atoms with Crippen LogP contribution in [-0.4, -0.2) is 7.05 Å². The summed E-state index contributed by atoms with van der Waals surface area (Å²) in [5.41, 5.74) is 0.672. The maximum absolute atomic E-state index is 13.6. The van der Waals surface area contributed by atoms with Crippen LogP contribution in [0.3, 0.4) is 0 Å². The van der Waals surface area contributed by atoms with Crippen molar-refractivity contribution in [3.8, 4) is 11.8 Å². The second kappa shape index (κ2) is 5.84. The molecule has 1 rings (SSSR count). The summed E-state index contributed by atoms with van der Waals surface area (Å²) in [6, 6.07) is 6.78. The minimum atomic E-state index is -0.176. The third-order valence-corrected chi connectivity index (χ3v) is 2.40. The Labute approximate surface area is 103 Å². The predicted octanol–water partition coefficient (Wildman–Crippen LogP) is 3.53. The van der Waals surface area contributed by atoms with Crippen LogP contribution in [0.15, 0.2) is 24.3 Å². The Balaban J connectivity index is 2.79. The van der Waals surface area contributed by atoms with Crippen molar-refractivity contribution in [3.63, 3.8) is 0 Å². The quantitative estimate of drug-likeness (QED) is 0.788. The molecule has 2 heteroatoms. The Morgan fingerprint density at radius 2 is 1.94 bits per heavy atom. The van der Waals surface area contributed by atoms with E-state index in [2.05, 4.69) is 37.9 Å². The van der Waals surface area contributed by atoms with Crippen LogP contribution in [0.4, 0.5) is 4.39 Å². The van der Waals surface area contributed by atoms with Crippen molar-refractivity contribution in [2.75, 3.05) is 7.05 Å². The van der Waals surface area contributed by atoms with E-state index in [4.69, 9.17) is 0 Å². The lowest BCUT2D eigenvalue weighted by atomic mass is 9.96. The van der Waals surface area contributed by atoms with Crippen molar-refractivity contribution in [2.45, 2.75) is 33.2 Å². The van der Waals surface area contributed by atoms with Crippen LogP contribution in [0, 0.1) is 23.1 Å². The molecule has 0 aliphatic rings. The first kappa shape index (κ1) is 13.7. The highest BCUT2D eigenvalue weighted by Gasteiger charge is 2.12.